The van der Waals surface area contributed by atoms with E-state index in [9.17, 15) is 8.42 Å². The lowest BCUT2D eigenvalue weighted by Crippen LogP contribution is -2.48. The standard InChI is InChI=1S/C20H22ClN3O2S/c1-14-13-20(15(2)12-17(14)21)27(25,26)24-10-8-23(9-11-24)19-5-3-4-18-16(19)6-7-22-18/h3-7,12-13,22H,8-11H2,1-2H3. The number of hydrogen-bond acceptors (Lipinski definition) is 3. The maximum absolute atomic E-state index is 13.1. The molecule has 0 amide bonds. The molecule has 7 heteroatoms. The highest BCUT2D eigenvalue weighted by Gasteiger charge is 2.30. The van der Waals surface area contributed by atoms with Crippen LogP contribution >= 0.6 is 11.6 Å². The second-order valence-electron chi connectivity index (χ2n) is 6.97. The van der Waals surface area contributed by atoms with E-state index >= 15 is 0 Å². The Bertz CT molecular complexity index is 1100. The number of nitrogens with one attached hydrogen (secondary N) is 1. The first-order chi connectivity index (χ1) is 12.9. The van der Waals surface area contributed by atoms with Crippen LogP contribution in [0.2, 0.25) is 5.02 Å². The van der Waals surface area contributed by atoms with Gasteiger partial charge >= 0.3 is 0 Å². The van der Waals surface area contributed by atoms with Crippen LogP contribution in [0.4, 0.5) is 5.69 Å². The molecule has 5 nitrogen and oxygen atoms in total. The van der Waals surface area contributed by atoms with Crippen molar-refractivity contribution in [3.05, 3.63) is 58.7 Å². The molecule has 1 N–H and O–H groups in total. The van der Waals surface area contributed by atoms with E-state index in [2.05, 4.69) is 22.0 Å². The second-order valence-corrected chi connectivity index (χ2v) is 9.29. The highest BCUT2D eigenvalue weighted by atomic mass is 35.5. The number of aromatic amines is 1. The summed E-state index contributed by atoms with van der Waals surface area (Å²) >= 11 is 6.13. The molecule has 1 saturated heterocycles. The molecule has 142 valence electrons. The van der Waals surface area contributed by atoms with E-state index in [1.165, 1.54) is 0 Å². The van der Waals surface area contributed by atoms with Gasteiger partial charge in [-0.2, -0.15) is 4.31 Å². The van der Waals surface area contributed by atoms with E-state index in [1.807, 2.05) is 25.3 Å². The molecule has 0 radical (unpaired) electrons. The van der Waals surface area contributed by atoms with Gasteiger partial charge in [-0.3, -0.25) is 0 Å². The normalized spacial score (nSPS) is 16.2. The van der Waals surface area contributed by atoms with Gasteiger partial charge in [-0.05, 0) is 55.3 Å². The average Bonchev–Trinajstić information content (AvgIpc) is 3.13. The molecule has 0 spiro atoms. The van der Waals surface area contributed by atoms with Crippen molar-refractivity contribution in [3.8, 4) is 0 Å². The Morgan fingerprint density at radius 1 is 1.00 bits per heavy atom. The van der Waals surface area contributed by atoms with E-state index in [0.717, 1.165) is 22.2 Å². The number of fused-ring (bicyclic) bond motifs is 1. The van der Waals surface area contributed by atoms with Crippen molar-refractivity contribution in [1.82, 2.24) is 9.29 Å². The number of H-pyrrole nitrogens is 1. The molecule has 3 aromatic rings. The first-order valence-corrected chi connectivity index (χ1v) is 10.8. The Hall–Kier alpha value is -2.02. The lowest BCUT2D eigenvalue weighted by atomic mass is 10.2. The minimum atomic E-state index is -3.53. The minimum absolute atomic E-state index is 0.352. The third-order valence-corrected chi connectivity index (χ3v) is 7.67. The lowest BCUT2D eigenvalue weighted by molar-refractivity contribution is 0.385. The molecule has 1 aromatic heterocycles. The zero-order valence-corrected chi connectivity index (χ0v) is 16.9. The van der Waals surface area contributed by atoms with Gasteiger partial charge < -0.3 is 9.88 Å². The van der Waals surface area contributed by atoms with Crippen LogP contribution in [0.1, 0.15) is 11.1 Å². The van der Waals surface area contributed by atoms with Crippen molar-refractivity contribution in [1.29, 1.82) is 0 Å². The van der Waals surface area contributed by atoms with Crippen molar-refractivity contribution < 1.29 is 8.42 Å². The fraction of sp³-hybridized carbons (Fsp3) is 0.300. The Balaban J connectivity index is 1.57. The van der Waals surface area contributed by atoms with Gasteiger partial charge in [-0.1, -0.05) is 17.7 Å². The molecule has 0 atom stereocenters. The number of sulfonamides is 1. The van der Waals surface area contributed by atoms with E-state index in [0.29, 0.717) is 41.7 Å². The zero-order valence-electron chi connectivity index (χ0n) is 15.4. The van der Waals surface area contributed by atoms with Crippen LogP contribution < -0.4 is 4.90 Å². The summed E-state index contributed by atoms with van der Waals surface area (Å²) in [5, 5.41) is 1.76. The number of aryl methyl sites for hydroxylation is 2. The second kappa shape index (κ2) is 6.86. The number of aromatic nitrogens is 1. The summed E-state index contributed by atoms with van der Waals surface area (Å²) in [6.45, 7) is 5.87. The first-order valence-electron chi connectivity index (χ1n) is 8.96. The smallest absolute Gasteiger partial charge is 0.243 e. The molecule has 2 aromatic carbocycles. The van der Waals surface area contributed by atoms with Crippen molar-refractivity contribution in [2.24, 2.45) is 0 Å². The van der Waals surface area contributed by atoms with Crippen LogP contribution in [0, 0.1) is 13.8 Å². The molecule has 2 heterocycles. The van der Waals surface area contributed by atoms with E-state index in [4.69, 9.17) is 11.6 Å². The summed E-state index contributed by atoms with van der Waals surface area (Å²) in [7, 11) is -3.53. The molecule has 1 aliphatic heterocycles. The Morgan fingerprint density at radius 2 is 1.74 bits per heavy atom. The van der Waals surface area contributed by atoms with E-state index in [1.54, 1.807) is 23.4 Å². The topological polar surface area (TPSA) is 56.4 Å². The van der Waals surface area contributed by atoms with Gasteiger partial charge in [0.1, 0.15) is 0 Å². The first kappa shape index (κ1) is 18.3. The lowest BCUT2D eigenvalue weighted by Gasteiger charge is -2.36. The third kappa shape index (κ3) is 3.22. The van der Waals surface area contributed by atoms with Crippen molar-refractivity contribution in [3.63, 3.8) is 0 Å². The molecule has 27 heavy (non-hydrogen) atoms. The van der Waals surface area contributed by atoms with E-state index < -0.39 is 10.0 Å². The van der Waals surface area contributed by atoms with Crippen LogP contribution in [-0.2, 0) is 10.0 Å². The van der Waals surface area contributed by atoms with Crippen molar-refractivity contribution >= 4 is 38.2 Å². The van der Waals surface area contributed by atoms with Crippen LogP contribution in [0.5, 0.6) is 0 Å². The Labute approximate surface area is 164 Å². The molecule has 4 rings (SSSR count). The van der Waals surface area contributed by atoms with Gasteiger partial charge in [0.15, 0.2) is 0 Å². The Morgan fingerprint density at radius 3 is 2.48 bits per heavy atom. The molecule has 0 aliphatic carbocycles. The van der Waals surface area contributed by atoms with Crippen LogP contribution in [0.25, 0.3) is 10.9 Å². The number of piperazine rings is 1. The maximum atomic E-state index is 13.1. The summed E-state index contributed by atoms with van der Waals surface area (Å²) in [4.78, 5) is 5.83. The Kier molecular flexibility index (Phi) is 4.66. The number of hydrogen-bond donors (Lipinski definition) is 1. The van der Waals surface area contributed by atoms with Crippen molar-refractivity contribution in [2.75, 3.05) is 31.1 Å². The minimum Gasteiger partial charge on any atom is -0.368 e. The summed E-state index contributed by atoms with van der Waals surface area (Å²) in [5.74, 6) is 0. The van der Waals surface area contributed by atoms with Gasteiger partial charge in [0.05, 0.1) is 4.90 Å². The number of rotatable bonds is 3. The molecule has 0 bridgehead atoms. The molecule has 1 aliphatic rings. The number of halogens is 1. The van der Waals surface area contributed by atoms with Gasteiger partial charge in [-0.15, -0.1) is 0 Å². The molecular formula is C20H22ClN3O2S. The molecular weight excluding hydrogens is 382 g/mol. The quantitative estimate of drug-likeness (QED) is 0.720. The third-order valence-electron chi connectivity index (χ3n) is 5.23. The largest absolute Gasteiger partial charge is 0.368 e. The molecule has 0 unspecified atom stereocenters. The fourth-order valence-electron chi connectivity index (χ4n) is 3.69. The van der Waals surface area contributed by atoms with Gasteiger partial charge in [0.25, 0.3) is 0 Å². The zero-order chi connectivity index (χ0) is 19.2. The number of anilines is 1. The van der Waals surface area contributed by atoms with Crippen LogP contribution in [0.15, 0.2) is 47.5 Å². The predicted octanol–water partition coefficient (Wildman–Crippen LogP) is 3.95. The summed E-state index contributed by atoms with van der Waals surface area (Å²) in [6.07, 6.45) is 1.93. The van der Waals surface area contributed by atoms with Crippen LogP contribution in [-0.4, -0.2) is 43.9 Å². The van der Waals surface area contributed by atoms with Gasteiger partial charge in [0.2, 0.25) is 10.0 Å². The average molecular weight is 404 g/mol. The predicted molar refractivity (Wildman–Crippen MR) is 110 cm³/mol. The maximum Gasteiger partial charge on any atom is 0.243 e. The number of nitrogens with zero attached hydrogens (tertiary/aromatic N) is 2. The van der Waals surface area contributed by atoms with Gasteiger partial charge in [-0.25, -0.2) is 8.42 Å². The monoisotopic (exact) mass is 403 g/mol. The SMILES string of the molecule is Cc1cc(S(=O)(=O)N2CCN(c3cccc4[nH]ccc34)CC2)c(C)cc1Cl. The number of benzene rings is 2. The fourth-order valence-corrected chi connectivity index (χ4v) is 5.62. The molecule has 1 fully saturated rings. The molecule has 0 saturated carbocycles. The van der Waals surface area contributed by atoms with Crippen LogP contribution in [0.3, 0.4) is 0 Å². The van der Waals surface area contributed by atoms with E-state index in [-0.39, 0.29) is 0 Å². The summed E-state index contributed by atoms with van der Waals surface area (Å²) in [5.41, 5.74) is 3.70. The summed E-state index contributed by atoms with van der Waals surface area (Å²) < 4.78 is 27.9. The van der Waals surface area contributed by atoms with Gasteiger partial charge in [0, 0.05) is 54.0 Å². The highest BCUT2D eigenvalue weighted by molar-refractivity contribution is 7.89. The van der Waals surface area contributed by atoms with Crippen molar-refractivity contribution in [2.45, 2.75) is 18.7 Å². The highest BCUT2D eigenvalue weighted by Crippen LogP contribution is 2.30. The summed E-state index contributed by atoms with van der Waals surface area (Å²) in [6, 6.07) is 11.6.